The van der Waals surface area contributed by atoms with E-state index in [9.17, 15) is 5.11 Å². The molecule has 1 aliphatic heterocycles. The second-order valence-corrected chi connectivity index (χ2v) is 6.52. The number of piperidine rings is 1. The van der Waals surface area contributed by atoms with Crippen LogP contribution in [0, 0.1) is 0 Å². The van der Waals surface area contributed by atoms with Gasteiger partial charge in [-0.15, -0.1) is 12.4 Å². The van der Waals surface area contributed by atoms with Gasteiger partial charge in [-0.25, -0.2) is 0 Å². The maximum atomic E-state index is 9.45. The Labute approximate surface area is 151 Å². The van der Waals surface area contributed by atoms with E-state index >= 15 is 0 Å². The van der Waals surface area contributed by atoms with Crippen molar-refractivity contribution >= 4 is 12.4 Å². The Hall–Kier alpha value is -1.35. The maximum Gasteiger partial charge on any atom is 0.0445 e. The summed E-state index contributed by atoms with van der Waals surface area (Å²) in [5.41, 5.74) is 2.77. The Kier molecular flexibility index (Phi) is 7.77. The van der Waals surface area contributed by atoms with Crippen LogP contribution in [0.4, 0.5) is 0 Å². The monoisotopic (exact) mass is 345 g/mol. The Morgan fingerprint density at radius 1 is 0.958 bits per heavy atom. The van der Waals surface area contributed by atoms with E-state index in [1.54, 1.807) is 0 Å². The predicted molar refractivity (Wildman–Crippen MR) is 103 cm³/mol. The van der Waals surface area contributed by atoms with Crippen LogP contribution < -0.4 is 0 Å². The van der Waals surface area contributed by atoms with Crippen molar-refractivity contribution in [3.05, 3.63) is 71.8 Å². The molecular weight excluding hydrogens is 318 g/mol. The van der Waals surface area contributed by atoms with E-state index in [-0.39, 0.29) is 19.0 Å². The SMILES string of the molecule is Cl.OCCC1CCCCN1C(Cc1ccccc1)c1ccccc1. The molecule has 0 spiro atoms. The third kappa shape index (κ3) is 4.83. The molecule has 3 heteroatoms. The van der Waals surface area contributed by atoms with Crippen LogP contribution >= 0.6 is 12.4 Å². The van der Waals surface area contributed by atoms with E-state index in [0.29, 0.717) is 12.1 Å². The molecule has 2 aromatic carbocycles. The van der Waals surface area contributed by atoms with Gasteiger partial charge in [0.25, 0.3) is 0 Å². The van der Waals surface area contributed by atoms with Crippen molar-refractivity contribution in [2.75, 3.05) is 13.2 Å². The number of rotatable bonds is 6. The Morgan fingerprint density at radius 2 is 1.62 bits per heavy atom. The lowest BCUT2D eigenvalue weighted by Gasteiger charge is -2.41. The first-order valence-electron chi connectivity index (χ1n) is 8.84. The minimum atomic E-state index is 0. The lowest BCUT2D eigenvalue weighted by molar-refractivity contribution is 0.0747. The number of likely N-dealkylation sites (tertiary alicyclic amines) is 1. The maximum absolute atomic E-state index is 9.45. The quantitative estimate of drug-likeness (QED) is 0.825. The summed E-state index contributed by atoms with van der Waals surface area (Å²) in [6.07, 6.45) is 5.68. The van der Waals surface area contributed by atoms with E-state index in [2.05, 4.69) is 65.6 Å². The summed E-state index contributed by atoms with van der Waals surface area (Å²) in [7, 11) is 0. The van der Waals surface area contributed by atoms with E-state index in [1.807, 2.05) is 0 Å². The van der Waals surface area contributed by atoms with Crippen molar-refractivity contribution in [1.82, 2.24) is 4.90 Å². The van der Waals surface area contributed by atoms with E-state index < -0.39 is 0 Å². The van der Waals surface area contributed by atoms with Crippen molar-refractivity contribution in [3.8, 4) is 0 Å². The van der Waals surface area contributed by atoms with Gasteiger partial charge >= 0.3 is 0 Å². The molecule has 0 aromatic heterocycles. The smallest absolute Gasteiger partial charge is 0.0445 e. The van der Waals surface area contributed by atoms with Gasteiger partial charge in [0, 0.05) is 18.7 Å². The number of halogens is 1. The first-order chi connectivity index (χ1) is 11.4. The second-order valence-electron chi connectivity index (χ2n) is 6.52. The number of aliphatic hydroxyl groups excluding tert-OH is 1. The van der Waals surface area contributed by atoms with Gasteiger partial charge in [0.2, 0.25) is 0 Å². The normalized spacial score (nSPS) is 19.5. The van der Waals surface area contributed by atoms with Crippen LogP contribution in [0.25, 0.3) is 0 Å². The molecule has 1 saturated heterocycles. The average Bonchev–Trinajstić information content (AvgIpc) is 2.62. The number of hydrogen-bond acceptors (Lipinski definition) is 2. The summed E-state index contributed by atoms with van der Waals surface area (Å²) in [4.78, 5) is 2.64. The van der Waals surface area contributed by atoms with E-state index in [1.165, 1.54) is 30.4 Å². The molecule has 2 nitrogen and oxygen atoms in total. The van der Waals surface area contributed by atoms with Gasteiger partial charge in [0.1, 0.15) is 0 Å². The van der Waals surface area contributed by atoms with Gasteiger partial charge in [-0.05, 0) is 43.4 Å². The lowest BCUT2D eigenvalue weighted by atomic mass is 9.91. The highest BCUT2D eigenvalue weighted by Gasteiger charge is 2.29. The second kappa shape index (κ2) is 9.83. The van der Waals surface area contributed by atoms with Crippen molar-refractivity contribution in [1.29, 1.82) is 0 Å². The number of nitrogens with zero attached hydrogens (tertiary/aromatic N) is 1. The van der Waals surface area contributed by atoms with Crippen LogP contribution in [0.15, 0.2) is 60.7 Å². The van der Waals surface area contributed by atoms with Gasteiger partial charge in [-0.3, -0.25) is 4.90 Å². The van der Waals surface area contributed by atoms with Crippen LogP contribution in [-0.2, 0) is 6.42 Å². The van der Waals surface area contributed by atoms with Gasteiger partial charge in [0.05, 0.1) is 0 Å². The fraction of sp³-hybridized carbons (Fsp3) is 0.429. The molecule has 1 aliphatic rings. The van der Waals surface area contributed by atoms with Crippen molar-refractivity contribution in [2.24, 2.45) is 0 Å². The molecule has 0 radical (unpaired) electrons. The molecule has 2 atom stereocenters. The number of benzene rings is 2. The molecule has 0 saturated carbocycles. The van der Waals surface area contributed by atoms with Crippen LogP contribution in [-0.4, -0.2) is 29.2 Å². The highest BCUT2D eigenvalue weighted by Crippen LogP contribution is 2.32. The highest BCUT2D eigenvalue weighted by atomic mass is 35.5. The average molecular weight is 346 g/mol. The minimum Gasteiger partial charge on any atom is -0.396 e. The Morgan fingerprint density at radius 3 is 2.29 bits per heavy atom. The Balaban J connectivity index is 0.00000208. The summed E-state index contributed by atoms with van der Waals surface area (Å²) in [6.45, 7) is 1.42. The lowest BCUT2D eigenvalue weighted by Crippen LogP contribution is -2.43. The number of aliphatic hydroxyl groups is 1. The van der Waals surface area contributed by atoms with Gasteiger partial charge in [-0.2, -0.15) is 0 Å². The summed E-state index contributed by atoms with van der Waals surface area (Å²) in [6, 6.07) is 22.5. The first-order valence-corrected chi connectivity index (χ1v) is 8.84. The summed E-state index contributed by atoms with van der Waals surface area (Å²) in [5.74, 6) is 0. The standard InChI is InChI=1S/C21H27NO.ClH/c23-16-14-20-13-7-8-15-22(20)21(19-11-5-2-6-12-19)17-18-9-3-1-4-10-18;/h1-6,9-12,20-21,23H,7-8,13-17H2;1H. The molecular formula is C21H28ClNO. The largest absolute Gasteiger partial charge is 0.396 e. The van der Waals surface area contributed by atoms with Crippen LogP contribution in [0.3, 0.4) is 0 Å². The van der Waals surface area contributed by atoms with Crippen LogP contribution in [0.2, 0.25) is 0 Å². The summed E-state index contributed by atoms with van der Waals surface area (Å²) in [5, 5.41) is 9.45. The first kappa shape index (κ1) is 19.0. The van der Waals surface area contributed by atoms with Crippen molar-refractivity contribution in [3.63, 3.8) is 0 Å². The third-order valence-electron chi connectivity index (χ3n) is 4.99. The zero-order valence-corrected chi connectivity index (χ0v) is 15.0. The molecule has 0 aliphatic carbocycles. The van der Waals surface area contributed by atoms with E-state index in [4.69, 9.17) is 0 Å². The molecule has 0 amide bonds. The molecule has 1 fully saturated rings. The van der Waals surface area contributed by atoms with Gasteiger partial charge < -0.3 is 5.11 Å². The van der Waals surface area contributed by atoms with E-state index in [0.717, 1.165) is 19.4 Å². The van der Waals surface area contributed by atoms with Crippen molar-refractivity contribution in [2.45, 2.75) is 44.2 Å². The van der Waals surface area contributed by atoms with Crippen LogP contribution in [0.5, 0.6) is 0 Å². The Bertz CT molecular complexity index is 573. The molecule has 1 N–H and O–H groups in total. The molecule has 130 valence electrons. The summed E-state index contributed by atoms with van der Waals surface area (Å²) < 4.78 is 0. The molecule has 1 heterocycles. The predicted octanol–water partition coefficient (Wildman–Crippen LogP) is 4.63. The molecule has 2 unspecified atom stereocenters. The minimum absolute atomic E-state index is 0. The summed E-state index contributed by atoms with van der Waals surface area (Å²) >= 11 is 0. The van der Waals surface area contributed by atoms with Gasteiger partial charge in [0.15, 0.2) is 0 Å². The van der Waals surface area contributed by atoms with Crippen LogP contribution in [0.1, 0.15) is 42.9 Å². The number of hydrogen-bond donors (Lipinski definition) is 1. The van der Waals surface area contributed by atoms with Crippen molar-refractivity contribution < 1.29 is 5.11 Å². The third-order valence-corrected chi connectivity index (χ3v) is 4.99. The highest BCUT2D eigenvalue weighted by molar-refractivity contribution is 5.85. The molecule has 2 aromatic rings. The fourth-order valence-electron chi connectivity index (χ4n) is 3.83. The van der Waals surface area contributed by atoms with Gasteiger partial charge in [-0.1, -0.05) is 67.1 Å². The topological polar surface area (TPSA) is 23.5 Å². The zero-order chi connectivity index (χ0) is 15.9. The fourth-order valence-corrected chi connectivity index (χ4v) is 3.83. The zero-order valence-electron chi connectivity index (χ0n) is 14.2. The molecule has 24 heavy (non-hydrogen) atoms. The molecule has 3 rings (SSSR count). The molecule has 0 bridgehead atoms.